The summed E-state index contributed by atoms with van der Waals surface area (Å²) in [5.74, 6) is -0.0372. The van der Waals surface area contributed by atoms with Crippen LogP contribution in [-0.2, 0) is 24.0 Å². The topological polar surface area (TPSA) is 82.1 Å². The highest BCUT2D eigenvalue weighted by molar-refractivity contribution is 7.85. The molecule has 2 saturated heterocycles. The van der Waals surface area contributed by atoms with Crippen molar-refractivity contribution in [3.63, 3.8) is 0 Å². The molecule has 2 rings (SSSR count). The third-order valence-corrected chi connectivity index (χ3v) is 4.35. The average Bonchev–Trinajstić information content (AvgIpc) is 2.81. The molecule has 0 aliphatic carbocycles. The lowest BCUT2D eigenvalue weighted by Crippen LogP contribution is -2.46. The maximum Gasteiger partial charge on any atom is 0.426 e. The number of carbonyl (C=O) groups excluding carboxylic acids is 1. The lowest BCUT2D eigenvalue weighted by atomic mass is 10.00. The highest BCUT2D eigenvalue weighted by Crippen LogP contribution is 2.30. The maximum atomic E-state index is 12.0. The van der Waals surface area contributed by atoms with Gasteiger partial charge < -0.3 is 9.47 Å². The van der Waals surface area contributed by atoms with Gasteiger partial charge in [0.25, 0.3) is 0 Å². The quantitative estimate of drug-likeness (QED) is 0.714. The second-order valence-corrected chi connectivity index (χ2v) is 7.19. The fraction of sp³-hybridized carbons (Fsp3) is 0.909. The van der Waals surface area contributed by atoms with Crippen molar-refractivity contribution in [2.24, 2.45) is 5.92 Å². The lowest BCUT2D eigenvalue weighted by Gasteiger charge is -2.27. The van der Waals surface area contributed by atoms with Crippen molar-refractivity contribution in [3.8, 4) is 0 Å². The highest BCUT2D eigenvalue weighted by Gasteiger charge is 2.48. The van der Waals surface area contributed by atoms with Gasteiger partial charge in [0.2, 0.25) is 0 Å². The van der Waals surface area contributed by atoms with Crippen molar-refractivity contribution < 1.29 is 26.9 Å². The van der Waals surface area contributed by atoms with Gasteiger partial charge in [-0.15, -0.1) is 0 Å². The molecule has 2 unspecified atom stereocenters. The van der Waals surface area contributed by atoms with Gasteiger partial charge >= 0.3 is 16.4 Å². The van der Waals surface area contributed by atoms with E-state index < -0.39 is 28.0 Å². The van der Waals surface area contributed by atoms with Crippen LogP contribution in [0.25, 0.3) is 0 Å². The van der Waals surface area contributed by atoms with Crippen molar-refractivity contribution in [1.82, 2.24) is 4.31 Å². The molecular weight excluding hydrogens is 274 g/mol. The van der Waals surface area contributed by atoms with Crippen LogP contribution in [-0.4, -0.2) is 50.3 Å². The SMILES string of the molecule is CC(C)(C)OC(=O)N1C(C2CCOC2)COS1(=O)=O. The van der Waals surface area contributed by atoms with E-state index in [1.54, 1.807) is 20.8 Å². The van der Waals surface area contributed by atoms with Gasteiger partial charge in [0.05, 0.1) is 19.3 Å². The van der Waals surface area contributed by atoms with E-state index in [0.29, 0.717) is 19.6 Å². The van der Waals surface area contributed by atoms with Crippen molar-refractivity contribution in [3.05, 3.63) is 0 Å². The van der Waals surface area contributed by atoms with E-state index in [0.717, 1.165) is 4.31 Å². The van der Waals surface area contributed by atoms with Gasteiger partial charge in [-0.3, -0.25) is 4.18 Å². The van der Waals surface area contributed by atoms with Crippen LogP contribution < -0.4 is 0 Å². The number of hydrogen-bond donors (Lipinski definition) is 0. The predicted octanol–water partition coefficient (Wildman–Crippen LogP) is 0.904. The van der Waals surface area contributed by atoms with Gasteiger partial charge in [-0.1, -0.05) is 0 Å². The predicted molar refractivity (Wildman–Crippen MR) is 65.7 cm³/mol. The summed E-state index contributed by atoms with van der Waals surface area (Å²) < 4.78 is 39.5. The van der Waals surface area contributed by atoms with E-state index in [1.807, 2.05) is 0 Å². The Kier molecular flexibility index (Phi) is 3.76. The molecule has 0 radical (unpaired) electrons. The van der Waals surface area contributed by atoms with Crippen LogP contribution in [0.1, 0.15) is 27.2 Å². The third kappa shape index (κ3) is 3.18. The summed E-state index contributed by atoms with van der Waals surface area (Å²) in [5, 5.41) is 0. The van der Waals surface area contributed by atoms with E-state index in [9.17, 15) is 13.2 Å². The summed E-state index contributed by atoms with van der Waals surface area (Å²) >= 11 is 0. The number of hydrogen-bond acceptors (Lipinski definition) is 6. The number of nitrogens with zero attached hydrogens (tertiary/aromatic N) is 1. The number of rotatable bonds is 1. The molecule has 1 amide bonds. The molecule has 7 nitrogen and oxygen atoms in total. The summed E-state index contributed by atoms with van der Waals surface area (Å²) in [6.45, 7) is 6.02. The molecule has 8 heteroatoms. The fourth-order valence-electron chi connectivity index (χ4n) is 2.16. The highest BCUT2D eigenvalue weighted by atomic mass is 32.2. The molecule has 2 aliphatic heterocycles. The van der Waals surface area contributed by atoms with Crippen molar-refractivity contribution in [1.29, 1.82) is 0 Å². The van der Waals surface area contributed by atoms with Gasteiger partial charge in [-0.25, -0.2) is 4.79 Å². The molecule has 0 saturated carbocycles. The molecule has 2 heterocycles. The molecule has 0 aromatic heterocycles. The van der Waals surface area contributed by atoms with Crippen LogP contribution in [0.3, 0.4) is 0 Å². The molecule has 110 valence electrons. The van der Waals surface area contributed by atoms with E-state index in [4.69, 9.17) is 13.7 Å². The van der Waals surface area contributed by atoms with E-state index >= 15 is 0 Å². The van der Waals surface area contributed by atoms with Crippen LogP contribution in [0.5, 0.6) is 0 Å². The Morgan fingerprint density at radius 1 is 1.32 bits per heavy atom. The minimum absolute atomic E-state index is 0.0321. The van der Waals surface area contributed by atoms with E-state index in [2.05, 4.69) is 0 Å². The molecule has 0 N–H and O–H groups in total. The zero-order chi connectivity index (χ0) is 14.3. The number of ether oxygens (including phenoxy) is 2. The Morgan fingerprint density at radius 3 is 2.53 bits per heavy atom. The van der Waals surface area contributed by atoms with Gasteiger partial charge in [0.15, 0.2) is 0 Å². The zero-order valence-electron chi connectivity index (χ0n) is 11.3. The van der Waals surface area contributed by atoms with Crippen LogP contribution in [0.4, 0.5) is 4.79 Å². The number of amides is 1. The first-order valence-electron chi connectivity index (χ1n) is 6.20. The molecule has 2 aliphatic rings. The first-order chi connectivity index (χ1) is 8.71. The summed E-state index contributed by atoms with van der Waals surface area (Å²) in [5.41, 5.74) is -0.758. The first-order valence-corrected chi connectivity index (χ1v) is 7.57. The molecule has 0 aromatic rings. The minimum Gasteiger partial charge on any atom is -0.443 e. The minimum atomic E-state index is -4.04. The summed E-state index contributed by atoms with van der Waals surface area (Å²) in [6.07, 6.45) is -0.176. The maximum absolute atomic E-state index is 12.0. The molecule has 0 bridgehead atoms. The smallest absolute Gasteiger partial charge is 0.426 e. The average molecular weight is 293 g/mol. The Hall–Kier alpha value is -0.860. The summed E-state index contributed by atoms with van der Waals surface area (Å²) in [4.78, 5) is 12.0. The normalized spacial score (nSPS) is 30.6. The van der Waals surface area contributed by atoms with Crippen molar-refractivity contribution in [2.45, 2.75) is 38.8 Å². The van der Waals surface area contributed by atoms with Crippen molar-refractivity contribution in [2.75, 3.05) is 19.8 Å². The summed E-state index contributed by atoms with van der Waals surface area (Å²) in [6, 6.07) is -0.539. The van der Waals surface area contributed by atoms with Gasteiger partial charge in [0, 0.05) is 12.5 Å². The largest absolute Gasteiger partial charge is 0.443 e. The van der Waals surface area contributed by atoms with E-state index in [1.165, 1.54) is 0 Å². The fourth-order valence-corrected chi connectivity index (χ4v) is 3.37. The molecule has 2 atom stereocenters. The van der Waals surface area contributed by atoms with Gasteiger partial charge in [-0.2, -0.15) is 12.7 Å². The number of carbonyl (C=O) groups is 1. The molecule has 19 heavy (non-hydrogen) atoms. The molecular formula is C11H19NO6S. The van der Waals surface area contributed by atoms with Crippen LogP contribution in [0.2, 0.25) is 0 Å². The standard InChI is InChI=1S/C11H19NO6S/c1-11(2,3)18-10(13)12-9(7-17-19(12,14)15)8-4-5-16-6-8/h8-9H,4-7H2,1-3H3. The van der Waals surface area contributed by atoms with Crippen LogP contribution >= 0.6 is 0 Å². The molecule has 0 spiro atoms. The zero-order valence-corrected chi connectivity index (χ0v) is 12.1. The van der Waals surface area contributed by atoms with E-state index in [-0.39, 0.29) is 12.5 Å². The third-order valence-electron chi connectivity index (χ3n) is 3.01. The van der Waals surface area contributed by atoms with Crippen molar-refractivity contribution >= 4 is 16.4 Å². The van der Waals surface area contributed by atoms with Crippen LogP contribution in [0.15, 0.2) is 0 Å². The molecule has 0 aromatic carbocycles. The Morgan fingerprint density at radius 2 is 2.00 bits per heavy atom. The molecule has 2 fully saturated rings. The van der Waals surface area contributed by atoms with Crippen LogP contribution in [0, 0.1) is 5.92 Å². The Balaban J connectivity index is 2.19. The Bertz CT molecular complexity index is 448. The van der Waals surface area contributed by atoms with Gasteiger partial charge in [-0.05, 0) is 27.2 Å². The summed E-state index contributed by atoms with van der Waals surface area (Å²) in [7, 11) is -4.04. The van der Waals surface area contributed by atoms with Gasteiger partial charge in [0.1, 0.15) is 5.60 Å². The second-order valence-electron chi connectivity index (χ2n) is 5.71. The second kappa shape index (κ2) is 4.92. The monoisotopic (exact) mass is 293 g/mol. The lowest BCUT2D eigenvalue weighted by molar-refractivity contribution is 0.0315. The Labute approximate surface area is 113 Å². The first kappa shape index (κ1) is 14.5.